The lowest BCUT2D eigenvalue weighted by molar-refractivity contribution is -0.123. The summed E-state index contributed by atoms with van der Waals surface area (Å²) in [6, 6.07) is 10.4. The summed E-state index contributed by atoms with van der Waals surface area (Å²) in [6.07, 6.45) is 0. The van der Waals surface area contributed by atoms with E-state index in [4.69, 9.17) is 26.9 Å². The molecule has 0 aromatic heterocycles. The largest absolute Gasteiger partial charge is 0.494 e. The molecule has 2 rings (SSSR count). The van der Waals surface area contributed by atoms with E-state index < -0.39 is 15.9 Å². The van der Waals surface area contributed by atoms with Gasteiger partial charge in [-0.05, 0) is 49.4 Å². The highest BCUT2D eigenvalue weighted by atomic mass is 35.5. The second-order valence-corrected chi connectivity index (χ2v) is 7.10. The highest BCUT2D eigenvalue weighted by molar-refractivity contribution is 7.92. The Hall–Kier alpha value is -2.49. The zero-order valence-electron chi connectivity index (χ0n) is 13.9. The molecule has 0 saturated carbocycles. The van der Waals surface area contributed by atoms with Crippen molar-refractivity contribution in [1.82, 2.24) is 5.43 Å². The van der Waals surface area contributed by atoms with E-state index in [2.05, 4.69) is 4.72 Å². The number of halogens is 1. The number of amides is 1. The van der Waals surface area contributed by atoms with Crippen LogP contribution in [0.3, 0.4) is 0 Å². The molecule has 0 aliphatic heterocycles. The van der Waals surface area contributed by atoms with Crippen LogP contribution in [0.5, 0.6) is 11.5 Å². The Balaban J connectivity index is 2.13. The number of hydrogen-bond acceptors (Lipinski definition) is 6. The monoisotopic (exact) mass is 399 g/mol. The number of benzene rings is 2. The predicted molar refractivity (Wildman–Crippen MR) is 97.7 cm³/mol. The highest BCUT2D eigenvalue weighted by Crippen LogP contribution is 2.28. The zero-order chi connectivity index (χ0) is 19.2. The van der Waals surface area contributed by atoms with Crippen molar-refractivity contribution in [2.45, 2.75) is 11.8 Å². The Bertz CT molecular complexity index is 872. The molecule has 26 heavy (non-hydrogen) atoms. The van der Waals surface area contributed by atoms with Crippen LogP contribution in [-0.4, -0.2) is 27.5 Å². The Morgan fingerprint density at radius 2 is 1.85 bits per heavy atom. The third-order valence-electron chi connectivity index (χ3n) is 3.15. The summed E-state index contributed by atoms with van der Waals surface area (Å²) in [6.45, 7) is 2.04. The maximum Gasteiger partial charge on any atom is 0.271 e. The molecular formula is C16H18ClN3O5S. The van der Waals surface area contributed by atoms with Crippen LogP contribution < -0.4 is 25.5 Å². The fourth-order valence-corrected chi connectivity index (χ4v) is 3.33. The van der Waals surface area contributed by atoms with Crippen LogP contribution in [0.1, 0.15) is 6.92 Å². The Morgan fingerprint density at radius 3 is 2.42 bits per heavy atom. The fraction of sp³-hybridized carbons (Fsp3) is 0.188. The summed E-state index contributed by atoms with van der Waals surface area (Å²) in [4.78, 5) is 11.0. The normalized spacial score (nSPS) is 10.9. The first-order valence-electron chi connectivity index (χ1n) is 7.53. The molecule has 0 fully saturated rings. The first kappa shape index (κ1) is 19.8. The minimum atomic E-state index is -3.84. The molecule has 0 unspecified atom stereocenters. The van der Waals surface area contributed by atoms with E-state index >= 15 is 0 Å². The van der Waals surface area contributed by atoms with Crippen molar-refractivity contribution in [3.05, 3.63) is 47.5 Å². The van der Waals surface area contributed by atoms with Gasteiger partial charge in [-0.25, -0.2) is 14.3 Å². The summed E-state index contributed by atoms with van der Waals surface area (Å²) in [7, 11) is -3.84. The first-order chi connectivity index (χ1) is 12.4. The third-order valence-corrected chi connectivity index (χ3v) is 4.83. The molecule has 2 aromatic rings. The van der Waals surface area contributed by atoms with E-state index in [9.17, 15) is 13.2 Å². The molecule has 1 amide bonds. The van der Waals surface area contributed by atoms with Crippen LogP contribution in [0.25, 0.3) is 0 Å². The molecule has 0 spiro atoms. The number of anilines is 1. The van der Waals surface area contributed by atoms with Crippen LogP contribution in [0.2, 0.25) is 5.02 Å². The van der Waals surface area contributed by atoms with Crippen molar-refractivity contribution < 1.29 is 22.7 Å². The number of nitrogens with two attached hydrogens (primary N) is 1. The van der Waals surface area contributed by atoms with Crippen molar-refractivity contribution in [3.63, 3.8) is 0 Å². The summed E-state index contributed by atoms with van der Waals surface area (Å²) >= 11 is 6.02. The second kappa shape index (κ2) is 8.75. The summed E-state index contributed by atoms with van der Waals surface area (Å²) in [5.41, 5.74) is 2.29. The minimum absolute atomic E-state index is 0.0457. The van der Waals surface area contributed by atoms with E-state index in [0.29, 0.717) is 18.0 Å². The third kappa shape index (κ3) is 5.25. The lowest BCUT2D eigenvalue weighted by Crippen LogP contribution is -2.34. The van der Waals surface area contributed by atoms with Crippen molar-refractivity contribution in [1.29, 1.82) is 0 Å². The fourth-order valence-electron chi connectivity index (χ4n) is 1.95. The van der Waals surface area contributed by atoms with Gasteiger partial charge in [-0.2, -0.15) is 0 Å². The van der Waals surface area contributed by atoms with Crippen molar-refractivity contribution >= 4 is 33.2 Å². The molecule has 0 saturated heterocycles. The smallest absolute Gasteiger partial charge is 0.271 e. The standard InChI is InChI=1S/C16H18ClN3O5S/c1-2-24-12-5-3-11(4-6-12)20-26(22,23)13-7-8-15(14(17)9-13)25-10-16(21)19-18/h3-9,20H,2,10,18H2,1H3,(H,19,21). The van der Waals surface area contributed by atoms with Gasteiger partial charge in [-0.3, -0.25) is 14.9 Å². The SMILES string of the molecule is CCOc1ccc(NS(=O)(=O)c2ccc(OCC(=O)NN)c(Cl)c2)cc1. The molecule has 0 radical (unpaired) electrons. The van der Waals surface area contributed by atoms with Crippen LogP contribution in [0.4, 0.5) is 5.69 Å². The molecule has 8 nitrogen and oxygen atoms in total. The van der Waals surface area contributed by atoms with E-state index in [0.717, 1.165) is 0 Å². The maximum absolute atomic E-state index is 12.5. The van der Waals surface area contributed by atoms with Crippen molar-refractivity contribution in [2.75, 3.05) is 17.9 Å². The van der Waals surface area contributed by atoms with Gasteiger partial charge in [-0.1, -0.05) is 11.6 Å². The van der Waals surface area contributed by atoms with Crippen LogP contribution in [0.15, 0.2) is 47.4 Å². The molecule has 10 heteroatoms. The Kier molecular flexibility index (Phi) is 6.67. The van der Waals surface area contributed by atoms with E-state index in [-0.39, 0.29) is 22.3 Å². The van der Waals surface area contributed by atoms with E-state index in [1.54, 1.807) is 24.3 Å². The topological polar surface area (TPSA) is 120 Å². The average molecular weight is 400 g/mol. The summed E-state index contributed by atoms with van der Waals surface area (Å²) in [5.74, 6) is 5.20. The molecule has 0 aliphatic carbocycles. The van der Waals surface area contributed by atoms with Gasteiger partial charge in [0.1, 0.15) is 11.5 Å². The average Bonchev–Trinajstić information content (AvgIpc) is 2.62. The molecule has 0 atom stereocenters. The first-order valence-corrected chi connectivity index (χ1v) is 9.39. The van der Waals surface area contributed by atoms with Gasteiger partial charge in [0.05, 0.1) is 16.5 Å². The van der Waals surface area contributed by atoms with Gasteiger partial charge in [0, 0.05) is 5.69 Å². The maximum atomic E-state index is 12.5. The van der Waals surface area contributed by atoms with Gasteiger partial charge in [0.2, 0.25) is 0 Å². The molecule has 140 valence electrons. The Morgan fingerprint density at radius 1 is 1.15 bits per heavy atom. The lowest BCUT2D eigenvalue weighted by atomic mass is 10.3. The van der Waals surface area contributed by atoms with E-state index in [1.807, 2.05) is 12.3 Å². The number of rotatable bonds is 8. The summed E-state index contributed by atoms with van der Waals surface area (Å²) in [5, 5.41) is 0.0457. The van der Waals surface area contributed by atoms with Gasteiger partial charge < -0.3 is 9.47 Å². The van der Waals surface area contributed by atoms with Gasteiger partial charge in [-0.15, -0.1) is 0 Å². The number of sulfonamides is 1. The quantitative estimate of drug-likeness (QED) is 0.354. The minimum Gasteiger partial charge on any atom is -0.494 e. The second-order valence-electron chi connectivity index (χ2n) is 5.01. The predicted octanol–water partition coefficient (Wildman–Crippen LogP) is 1.91. The number of hydrazine groups is 1. The highest BCUT2D eigenvalue weighted by Gasteiger charge is 2.17. The lowest BCUT2D eigenvalue weighted by Gasteiger charge is -2.11. The van der Waals surface area contributed by atoms with Crippen molar-refractivity contribution in [3.8, 4) is 11.5 Å². The number of carbonyl (C=O) groups is 1. The zero-order valence-corrected chi connectivity index (χ0v) is 15.4. The molecule has 0 heterocycles. The molecule has 0 bridgehead atoms. The van der Waals surface area contributed by atoms with Gasteiger partial charge in [0.25, 0.3) is 15.9 Å². The Labute approximate surface area is 156 Å². The molecular weight excluding hydrogens is 382 g/mol. The van der Waals surface area contributed by atoms with Gasteiger partial charge >= 0.3 is 0 Å². The number of nitrogens with one attached hydrogen (secondary N) is 2. The van der Waals surface area contributed by atoms with Gasteiger partial charge in [0.15, 0.2) is 6.61 Å². The summed E-state index contributed by atoms with van der Waals surface area (Å²) < 4.78 is 37.8. The van der Waals surface area contributed by atoms with Crippen LogP contribution >= 0.6 is 11.6 Å². The number of carbonyl (C=O) groups excluding carboxylic acids is 1. The molecule has 2 aromatic carbocycles. The molecule has 4 N–H and O–H groups in total. The molecule has 0 aliphatic rings. The van der Waals surface area contributed by atoms with Crippen LogP contribution in [0, 0.1) is 0 Å². The van der Waals surface area contributed by atoms with Crippen molar-refractivity contribution in [2.24, 2.45) is 5.84 Å². The van der Waals surface area contributed by atoms with Crippen LogP contribution in [-0.2, 0) is 14.8 Å². The van der Waals surface area contributed by atoms with E-state index in [1.165, 1.54) is 18.2 Å². The number of ether oxygens (including phenoxy) is 2. The number of hydrogen-bond donors (Lipinski definition) is 3.